The van der Waals surface area contributed by atoms with Crippen LogP contribution in [0.1, 0.15) is 32.8 Å². The normalized spacial score (nSPS) is 11.9. The van der Waals surface area contributed by atoms with E-state index < -0.39 is 5.91 Å². The van der Waals surface area contributed by atoms with Gasteiger partial charge in [0.05, 0.1) is 6.10 Å². The van der Waals surface area contributed by atoms with Crippen LogP contribution in [0, 0.1) is 0 Å². The molecule has 0 heterocycles. The first-order valence-electron chi connectivity index (χ1n) is 7.84. The Balaban J connectivity index is 2.38. The van der Waals surface area contributed by atoms with Gasteiger partial charge in [-0.1, -0.05) is 12.1 Å². The standard InChI is InChI=1S/C17H27N3O3/c1-12(2)23-15-7-5-14(6-8-15)9-10-19-17(22)20(4)13(3)11-16(18)21/h5-8,12-13H,9-11H2,1-4H3,(H2,18,21)(H,19,22)/t13-/m0/s1. The van der Waals surface area contributed by atoms with Crippen LogP contribution in [-0.2, 0) is 11.2 Å². The third-order valence-corrected chi connectivity index (χ3v) is 3.46. The zero-order chi connectivity index (χ0) is 17.4. The van der Waals surface area contributed by atoms with Crippen LogP contribution < -0.4 is 15.8 Å². The Hall–Kier alpha value is -2.24. The van der Waals surface area contributed by atoms with Crippen molar-refractivity contribution in [1.82, 2.24) is 10.2 Å². The van der Waals surface area contributed by atoms with E-state index in [1.165, 1.54) is 4.90 Å². The Labute approximate surface area is 138 Å². The van der Waals surface area contributed by atoms with Crippen LogP contribution in [0.2, 0.25) is 0 Å². The zero-order valence-electron chi connectivity index (χ0n) is 14.3. The van der Waals surface area contributed by atoms with E-state index in [2.05, 4.69) is 5.32 Å². The van der Waals surface area contributed by atoms with Gasteiger partial charge in [0.1, 0.15) is 5.75 Å². The van der Waals surface area contributed by atoms with Crippen molar-refractivity contribution in [2.24, 2.45) is 5.73 Å². The van der Waals surface area contributed by atoms with Crippen LogP contribution >= 0.6 is 0 Å². The van der Waals surface area contributed by atoms with Gasteiger partial charge in [-0.3, -0.25) is 4.79 Å². The molecule has 0 saturated heterocycles. The molecule has 0 saturated carbocycles. The van der Waals surface area contributed by atoms with Crippen molar-refractivity contribution in [3.63, 3.8) is 0 Å². The molecule has 128 valence electrons. The van der Waals surface area contributed by atoms with Crippen LogP contribution in [0.15, 0.2) is 24.3 Å². The highest BCUT2D eigenvalue weighted by Gasteiger charge is 2.16. The number of hydrogen-bond donors (Lipinski definition) is 2. The summed E-state index contributed by atoms with van der Waals surface area (Å²) in [7, 11) is 1.65. The minimum Gasteiger partial charge on any atom is -0.491 e. The molecule has 0 unspecified atom stereocenters. The lowest BCUT2D eigenvalue weighted by molar-refractivity contribution is -0.118. The van der Waals surface area contributed by atoms with Gasteiger partial charge in [-0.2, -0.15) is 0 Å². The van der Waals surface area contributed by atoms with Crippen molar-refractivity contribution in [3.05, 3.63) is 29.8 Å². The Morgan fingerprint density at radius 3 is 2.35 bits per heavy atom. The highest BCUT2D eigenvalue weighted by Crippen LogP contribution is 2.14. The van der Waals surface area contributed by atoms with E-state index in [4.69, 9.17) is 10.5 Å². The lowest BCUT2D eigenvalue weighted by Gasteiger charge is -2.24. The number of ether oxygens (including phenoxy) is 1. The molecule has 3 N–H and O–H groups in total. The molecule has 1 aromatic carbocycles. The van der Waals surface area contributed by atoms with Gasteiger partial charge in [0.25, 0.3) is 0 Å². The molecule has 23 heavy (non-hydrogen) atoms. The number of nitrogens with zero attached hydrogens (tertiary/aromatic N) is 1. The fourth-order valence-corrected chi connectivity index (χ4v) is 2.07. The van der Waals surface area contributed by atoms with Gasteiger partial charge < -0.3 is 20.7 Å². The van der Waals surface area contributed by atoms with E-state index in [9.17, 15) is 9.59 Å². The highest BCUT2D eigenvalue weighted by atomic mass is 16.5. The predicted octanol–water partition coefficient (Wildman–Crippen LogP) is 1.92. The van der Waals surface area contributed by atoms with Crippen LogP contribution in [-0.4, -0.2) is 42.6 Å². The number of benzene rings is 1. The molecule has 6 heteroatoms. The number of nitrogens with two attached hydrogens (primary N) is 1. The van der Waals surface area contributed by atoms with E-state index in [1.54, 1.807) is 14.0 Å². The minimum absolute atomic E-state index is 0.151. The summed E-state index contributed by atoms with van der Waals surface area (Å²) in [6.45, 7) is 6.28. The zero-order valence-corrected chi connectivity index (χ0v) is 14.3. The molecule has 0 fully saturated rings. The molecular formula is C17H27N3O3. The maximum Gasteiger partial charge on any atom is 0.317 e. The fraction of sp³-hybridized carbons (Fsp3) is 0.529. The first kappa shape index (κ1) is 18.8. The van der Waals surface area contributed by atoms with E-state index in [-0.39, 0.29) is 24.6 Å². The predicted molar refractivity (Wildman–Crippen MR) is 90.3 cm³/mol. The van der Waals surface area contributed by atoms with Gasteiger partial charge in [-0.15, -0.1) is 0 Å². The van der Waals surface area contributed by atoms with Crippen LogP contribution in [0.25, 0.3) is 0 Å². The van der Waals surface area contributed by atoms with Crippen LogP contribution in [0.4, 0.5) is 4.79 Å². The number of hydrogen-bond acceptors (Lipinski definition) is 3. The second kappa shape index (κ2) is 9.02. The second-order valence-corrected chi connectivity index (χ2v) is 5.92. The minimum atomic E-state index is -0.416. The van der Waals surface area contributed by atoms with Gasteiger partial charge in [0.15, 0.2) is 0 Å². The molecule has 1 rings (SSSR count). The molecule has 0 bridgehead atoms. The third kappa shape index (κ3) is 7.04. The molecule has 1 atom stereocenters. The van der Waals surface area contributed by atoms with Crippen molar-refractivity contribution in [1.29, 1.82) is 0 Å². The van der Waals surface area contributed by atoms with Crippen LogP contribution in [0.3, 0.4) is 0 Å². The quantitative estimate of drug-likeness (QED) is 0.767. The maximum absolute atomic E-state index is 12.0. The Morgan fingerprint density at radius 2 is 1.83 bits per heavy atom. The summed E-state index contributed by atoms with van der Waals surface area (Å²) >= 11 is 0. The molecule has 6 nitrogen and oxygen atoms in total. The summed E-state index contributed by atoms with van der Waals surface area (Å²) in [4.78, 5) is 24.3. The Bertz CT molecular complexity index is 514. The Kier molecular flexibility index (Phi) is 7.38. The lowest BCUT2D eigenvalue weighted by Crippen LogP contribution is -2.44. The molecule has 0 aliphatic rings. The number of amides is 3. The maximum atomic E-state index is 12.0. The van der Waals surface area contributed by atoms with Gasteiger partial charge >= 0.3 is 6.03 Å². The first-order valence-corrected chi connectivity index (χ1v) is 7.84. The van der Waals surface area contributed by atoms with Crippen LogP contribution in [0.5, 0.6) is 5.75 Å². The molecule has 0 radical (unpaired) electrons. The summed E-state index contributed by atoms with van der Waals surface area (Å²) < 4.78 is 5.59. The number of rotatable bonds is 8. The summed E-state index contributed by atoms with van der Waals surface area (Å²) in [6.07, 6.45) is 1.03. The number of carbonyl (C=O) groups is 2. The molecule has 0 aromatic heterocycles. The largest absolute Gasteiger partial charge is 0.491 e. The molecule has 3 amide bonds. The van der Waals surface area contributed by atoms with Crippen molar-refractivity contribution >= 4 is 11.9 Å². The highest BCUT2D eigenvalue weighted by molar-refractivity contribution is 5.77. The first-order chi connectivity index (χ1) is 10.8. The number of carbonyl (C=O) groups excluding carboxylic acids is 2. The second-order valence-electron chi connectivity index (χ2n) is 5.92. The summed E-state index contributed by atoms with van der Waals surface area (Å²) in [5.41, 5.74) is 6.26. The van der Waals surface area contributed by atoms with Crippen molar-refractivity contribution in [3.8, 4) is 5.75 Å². The molecule has 1 aromatic rings. The SMILES string of the molecule is CC(C)Oc1ccc(CCNC(=O)N(C)[C@@H](C)CC(N)=O)cc1. The third-order valence-electron chi connectivity index (χ3n) is 3.46. The van der Waals surface area contributed by atoms with E-state index in [1.807, 2.05) is 38.1 Å². The smallest absolute Gasteiger partial charge is 0.317 e. The molecular weight excluding hydrogens is 294 g/mol. The van der Waals surface area contributed by atoms with E-state index in [0.29, 0.717) is 6.54 Å². The molecule has 0 aliphatic heterocycles. The van der Waals surface area contributed by atoms with Crippen molar-refractivity contribution in [2.45, 2.75) is 45.8 Å². The summed E-state index contributed by atoms with van der Waals surface area (Å²) in [5, 5.41) is 2.84. The number of primary amides is 1. The number of nitrogens with one attached hydrogen (secondary N) is 1. The van der Waals surface area contributed by atoms with Crippen molar-refractivity contribution in [2.75, 3.05) is 13.6 Å². The average Bonchev–Trinajstić information content (AvgIpc) is 2.46. The summed E-state index contributed by atoms with van der Waals surface area (Å²) in [5.74, 6) is 0.425. The Morgan fingerprint density at radius 1 is 1.22 bits per heavy atom. The fourth-order valence-electron chi connectivity index (χ4n) is 2.07. The van der Waals surface area contributed by atoms with Gasteiger partial charge in [-0.25, -0.2) is 4.79 Å². The van der Waals surface area contributed by atoms with Gasteiger partial charge in [-0.05, 0) is 44.9 Å². The van der Waals surface area contributed by atoms with E-state index in [0.717, 1.165) is 17.7 Å². The van der Waals surface area contributed by atoms with E-state index >= 15 is 0 Å². The lowest BCUT2D eigenvalue weighted by atomic mass is 10.1. The monoisotopic (exact) mass is 321 g/mol. The molecule has 0 aliphatic carbocycles. The van der Waals surface area contributed by atoms with Gasteiger partial charge in [0, 0.05) is 26.1 Å². The van der Waals surface area contributed by atoms with Crippen molar-refractivity contribution < 1.29 is 14.3 Å². The topological polar surface area (TPSA) is 84.7 Å². The number of urea groups is 1. The molecule has 0 spiro atoms. The average molecular weight is 321 g/mol. The summed E-state index contributed by atoms with van der Waals surface area (Å²) in [6, 6.07) is 7.40. The van der Waals surface area contributed by atoms with Gasteiger partial charge in [0.2, 0.25) is 5.91 Å².